The number of thioether (sulfide) groups is 1. The average Bonchev–Trinajstić information content (AvgIpc) is 2.71. The lowest BCUT2D eigenvalue weighted by Crippen LogP contribution is -2.40. The van der Waals surface area contributed by atoms with Gasteiger partial charge in [0.2, 0.25) is 5.91 Å². The predicted octanol–water partition coefficient (Wildman–Crippen LogP) is 2.86. The van der Waals surface area contributed by atoms with Gasteiger partial charge in [-0.2, -0.15) is 0 Å². The van der Waals surface area contributed by atoms with Crippen molar-refractivity contribution >= 4 is 40.6 Å². The van der Waals surface area contributed by atoms with Gasteiger partial charge in [0.15, 0.2) is 0 Å². The Kier molecular flexibility index (Phi) is 7.07. The lowest BCUT2D eigenvalue weighted by Gasteiger charge is -2.25. The van der Waals surface area contributed by atoms with Crippen LogP contribution >= 0.6 is 34.7 Å². The smallest absolute Gasteiger partial charge is 0.232 e. The first-order chi connectivity index (χ1) is 8.54. The fourth-order valence-corrected chi connectivity index (χ4v) is 3.64. The summed E-state index contributed by atoms with van der Waals surface area (Å²) in [6.45, 7) is 4.32. The van der Waals surface area contributed by atoms with E-state index in [2.05, 4.69) is 0 Å². The van der Waals surface area contributed by atoms with E-state index in [1.165, 1.54) is 4.88 Å². The largest absolute Gasteiger partial charge is 0.395 e. The molecule has 1 N–H and O–H groups in total. The van der Waals surface area contributed by atoms with Gasteiger partial charge in [-0.05, 0) is 26.0 Å². The summed E-state index contributed by atoms with van der Waals surface area (Å²) in [6.07, 6.45) is 0. The van der Waals surface area contributed by atoms with E-state index in [4.69, 9.17) is 16.7 Å². The first kappa shape index (κ1) is 15.8. The van der Waals surface area contributed by atoms with E-state index in [1.807, 2.05) is 26.0 Å². The van der Waals surface area contributed by atoms with Crippen molar-refractivity contribution in [2.75, 3.05) is 18.9 Å². The van der Waals surface area contributed by atoms with Crippen molar-refractivity contribution in [3.8, 4) is 0 Å². The molecule has 0 aliphatic rings. The van der Waals surface area contributed by atoms with Crippen molar-refractivity contribution < 1.29 is 9.90 Å². The molecule has 1 aromatic rings. The number of carbonyl (C=O) groups excluding carboxylic acids is 1. The molecule has 0 spiro atoms. The highest BCUT2D eigenvalue weighted by atomic mass is 35.5. The Labute approximate surface area is 121 Å². The van der Waals surface area contributed by atoms with Crippen LogP contribution in [0.1, 0.15) is 18.7 Å². The number of halogens is 1. The third-order valence-corrected chi connectivity index (χ3v) is 4.76. The van der Waals surface area contributed by atoms with E-state index in [9.17, 15) is 4.79 Å². The summed E-state index contributed by atoms with van der Waals surface area (Å²) in [4.78, 5) is 14.8. The summed E-state index contributed by atoms with van der Waals surface area (Å²) in [5.74, 6) is 1.31. The molecule has 0 saturated heterocycles. The van der Waals surface area contributed by atoms with Gasteiger partial charge in [-0.3, -0.25) is 4.79 Å². The van der Waals surface area contributed by atoms with Crippen molar-refractivity contribution in [1.29, 1.82) is 0 Å². The van der Waals surface area contributed by atoms with Crippen LogP contribution in [0.4, 0.5) is 0 Å². The number of carbonyl (C=O) groups is 1. The molecule has 0 aromatic carbocycles. The molecule has 6 heteroatoms. The predicted molar refractivity (Wildman–Crippen MR) is 79.4 cm³/mol. The molecule has 0 bridgehead atoms. The number of aliphatic hydroxyl groups is 1. The minimum atomic E-state index is 0.00905. The van der Waals surface area contributed by atoms with Crippen molar-refractivity contribution in [1.82, 2.24) is 4.90 Å². The highest BCUT2D eigenvalue weighted by molar-refractivity contribution is 7.99. The standard InChI is InChI=1S/C12H18ClNO2S2/c1-9(2)14(5-6-15)12(16)8-17-7-10-3-4-11(13)18-10/h3-4,9,15H,5-8H2,1-2H3. The fraction of sp³-hybridized carbons (Fsp3) is 0.583. The third kappa shape index (κ3) is 5.18. The molecule has 0 aliphatic carbocycles. The summed E-state index contributed by atoms with van der Waals surface area (Å²) < 4.78 is 0.779. The van der Waals surface area contributed by atoms with Gasteiger partial charge in [-0.25, -0.2) is 0 Å². The molecule has 1 heterocycles. The van der Waals surface area contributed by atoms with Crippen LogP contribution in [0, 0.1) is 0 Å². The van der Waals surface area contributed by atoms with Crippen molar-refractivity contribution in [2.24, 2.45) is 0 Å². The van der Waals surface area contributed by atoms with E-state index in [0.717, 1.165) is 10.1 Å². The highest BCUT2D eigenvalue weighted by Crippen LogP contribution is 2.25. The van der Waals surface area contributed by atoms with Crippen LogP contribution < -0.4 is 0 Å². The number of amides is 1. The van der Waals surface area contributed by atoms with Gasteiger partial charge in [-0.15, -0.1) is 23.1 Å². The summed E-state index contributed by atoms with van der Waals surface area (Å²) in [5.41, 5.74) is 0. The SMILES string of the molecule is CC(C)N(CCO)C(=O)CSCc1ccc(Cl)s1. The summed E-state index contributed by atoms with van der Waals surface area (Å²) in [7, 11) is 0. The Morgan fingerprint density at radius 1 is 1.56 bits per heavy atom. The fourth-order valence-electron chi connectivity index (χ4n) is 1.53. The van der Waals surface area contributed by atoms with Crippen molar-refractivity contribution in [3.63, 3.8) is 0 Å². The zero-order valence-corrected chi connectivity index (χ0v) is 12.9. The number of rotatable bonds is 7. The average molecular weight is 308 g/mol. The lowest BCUT2D eigenvalue weighted by atomic mass is 10.3. The molecule has 1 amide bonds. The zero-order valence-electron chi connectivity index (χ0n) is 10.6. The molecule has 3 nitrogen and oxygen atoms in total. The van der Waals surface area contributed by atoms with Crippen LogP contribution in [0.15, 0.2) is 12.1 Å². The summed E-state index contributed by atoms with van der Waals surface area (Å²) >= 11 is 8.96. The number of thiophene rings is 1. The molecule has 1 aromatic heterocycles. The zero-order chi connectivity index (χ0) is 13.5. The quantitative estimate of drug-likeness (QED) is 0.842. The van der Waals surface area contributed by atoms with Gasteiger partial charge in [0.05, 0.1) is 16.7 Å². The highest BCUT2D eigenvalue weighted by Gasteiger charge is 2.15. The summed E-state index contributed by atoms with van der Waals surface area (Å²) in [5, 5.41) is 8.93. The lowest BCUT2D eigenvalue weighted by molar-refractivity contribution is -0.130. The first-order valence-electron chi connectivity index (χ1n) is 5.77. The van der Waals surface area contributed by atoms with Crippen LogP contribution in [0.2, 0.25) is 4.34 Å². The molecule has 0 aliphatic heterocycles. The number of hydrogen-bond donors (Lipinski definition) is 1. The molecule has 102 valence electrons. The van der Waals surface area contributed by atoms with E-state index in [-0.39, 0.29) is 18.6 Å². The van der Waals surface area contributed by atoms with Crippen LogP contribution in [0.5, 0.6) is 0 Å². The van der Waals surface area contributed by atoms with Gasteiger partial charge in [0.1, 0.15) is 0 Å². The second-order valence-corrected chi connectivity index (χ2v) is 6.89. The Bertz CT molecular complexity index is 382. The van der Waals surface area contributed by atoms with Crippen LogP contribution in [0.25, 0.3) is 0 Å². The maximum atomic E-state index is 11.9. The molecule has 0 saturated carbocycles. The molecule has 0 radical (unpaired) electrons. The second kappa shape index (κ2) is 8.04. The third-order valence-electron chi connectivity index (χ3n) is 2.38. The minimum Gasteiger partial charge on any atom is -0.395 e. The maximum Gasteiger partial charge on any atom is 0.232 e. The molecular weight excluding hydrogens is 290 g/mol. The number of hydrogen-bond acceptors (Lipinski definition) is 4. The van der Waals surface area contributed by atoms with E-state index < -0.39 is 0 Å². The number of nitrogens with zero attached hydrogens (tertiary/aromatic N) is 1. The molecule has 0 fully saturated rings. The van der Waals surface area contributed by atoms with Crippen LogP contribution in [-0.2, 0) is 10.5 Å². The van der Waals surface area contributed by atoms with Crippen LogP contribution in [0.3, 0.4) is 0 Å². The Morgan fingerprint density at radius 3 is 2.78 bits per heavy atom. The van der Waals surface area contributed by atoms with E-state index >= 15 is 0 Å². The first-order valence-corrected chi connectivity index (χ1v) is 8.11. The van der Waals surface area contributed by atoms with Crippen molar-refractivity contribution in [3.05, 3.63) is 21.3 Å². The van der Waals surface area contributed by atoms with Gasteiger partial charge in [-0.1, -0.05) is 11.6 Å². The maximum absolute atomic E-state index is 11.9. The molecule has 18 heavy (non-hydrogen) atoms. The molecule has 0 atom stereocenters. The minimum absolute atomic E-state index is 0.00905. The number of aliphatic hydroxyl groups excluding tert-OH is 1. The topological polar surface area (TPSA) is 40.5 Å². The van der Waals surface area contributed by atoms with E-state index in [1.54, 1.807) is 28.0 Å². The monoisotopic (exact) mass is 307 g/mol. The normalized spacial score (nSPS) is 10.9. The van der Waals surface area contributed by atoms with E-state index in [0.29, 0.717) is 12.3 Å². The van der Waals surface area contributed by atoms with Gasteiger partial charge < -0.3 is 10.0 Å². The summed E-state index contributed by atoms with van der Waals surface area (Å²) in [6, 6.07) is 3.98. The molecular formula is C12H18ClNO2S2. The van der Waals surface area contributed by atoms with Gasteiger partial charge >= 0.3 is 0 Å². The van der Waals surface area contributed by atoms with Crippen LogP contribution in [-0.4, -0.2) is 40.9 Å². The molecule has 1 rings (SSSR count). The second-order valence-electron chi connectivity index (χ2n) is 4.10. The molecule has 0 unspecified atom stereocenters. The van der Waals surface area contributed by atoms with Crippen molar-refractivity contribution in [2.45, 2.75) is 25.6 Å². The van der Waals surface area contributed by atoms with Gasteiger partial charge in [0, 0.05) is 23.2 Å². The van der Waals surface area contributed by atoms with Gasteiger partial charge in [0.25, 0.3) is 0 Å². The Hall–Kier alpha value is -0.230. The Morgan fingerprint density at radius 2 is 2.28 bits per heavy atom. The Balaban J connectivity index is 2.35.